The first kappa shape index (κ1) is 18.1. The molecule has 6 heteroatoms. The van der Waals surface area contributed by atoms with Crippen molar-refractivity contribution in [2.75, 3.05) is 18.4 Å². The number of anilines is 1. The predicted octanol–water partition coefficient (Wildman–Crippen LogP) is 3.56. The Morgan fingerprint density at radius 1 is 1.27 bits per heavy atom. The molecule has 26 heavy (non-hydrogen) atoms. The van der Waals surface area contributed by atoms with E-state index in [0.717, 1.165) is 31.6 Å². The van der Waals surface area contributed by atoms with Crippen molar-refractivity contribution in [3.8, 4) is 0 Å². The number of hydrogen-bond acceptors (Lipinski definition) is 3. The lowest BCUT2D eigenvalue weighted by Crippen LogP contribution is -2.29. The Kier molecular flexibility index (Phi) is 5.68. The highest BCUT2D eigenvalue weighted by atomic mass is 35.5. The lowest BCUT2D eigenvalue weighted by Gasteiger charge is -2.17. The van der Waals surface area contributed by atoms with Gasteiger partial charge in [-0.25, -0.2) is 0 Å². The van der Waals surface area contributed by atoms with E-state index in [1.807, 2.05) is 17.0 Å². The summed E-state index contributed by atoms with van der Waals surface area (Å²) in [6.45, 7) is 4.87. The van der Waals surface area contributed by atoms with E-state index in [1.54, 1.807) is 30.5 Å². The largest absolute Gasteiger partial charge is 0.338 e. The highest BCUT2D eigenvalue weighted by molar-refractivity contribution is 6.30. The molecule has 0 unspecified atom stereocenters. The zero-order valence-corrected chi connectivity index (χ0v) is 15.1. The van der Waals surface area contributed by atoms with Crippen molar-refractivity contribution >= 4 is 29.1 Å². The molecule has 0 spiro atoms. The van der Waals surface area contributed by atoms with Crippen molar-refractivity contribution in [1.82, 2.24) is 9.88 Å². The fraction of sp³-hybridized carbons (Fsp3) is 0.250. The first-order valence-electron chi connectivity index (χ1n) is 8.48. The SMILES string of the molecule is C=CC(=O)Nc1ccc(C(=O)N2CC[C@@H](Cc3ccc(Cl)cn3)C2)cc1. The molecule has 0 aliphatic carbocycles. The Balaban J connectivity index is 1.57. The number of hydrogen-bond donors (Lipinski definition) is 1. The average Bonchev–Trinajstić information content (AvgIpc) is 3.12. The zero-order chi connectivity index (χ0) is 18.5. The van der Waals surface area contributed by atoms with Crippen LogP contribution in [0, 0.1) is 5.92 Å². The summed E-state index contributed by atoms with van der Waals surface area (Å²) in [4.78, 5) is 30.2. The molecule has 2 heterocycles. The number of nitrogens with one attached hydrogen (secondary N) is 1. The summed E-state index contributed by atoms with van der Waals surface area (Å²) >= 11 is 5.86. The zero-order valence-electron chi connectivity index (χ0n) is 14.3. The second-order valence-corrected chi connectivity index (χ2v) is 6.78. The van der Waals surface area contributed by atoms with Crippen LogP contribution in [0.1, 0.15) is 22.5 Å². The fourth-order valence-electron chi connectivity index (χ4n) is 3.08. The number of carbonyl (C=O) groups is 2. The van der Waals surface area contributed by atoms with Crippen LogP contribution in [-0.4, -0.2) is 34.8 Å². The first-order valence-corrected chi connectivity index (χ1v) is 8.86. The Labute approximate surface area is 157 Å². The number of aromatic nitrogens is 1. The van der Waals surface area contributed by atoms with Crippen molar-refractivity contribution in [2.24, 2.45) is 5.92 Å². The highest BCUT2D eigenvalue weighted by Gasteiger charge is 2.27. The van der Waals surface area contributed by atoms with Gasteiger partial charge in [0, 0.05) is 36.2 Å². The van der Waals surface area contributed by atoms with Crippen LogP contribution in [0.5, 0.6) is 0 Å². The summed E-state index contributed by atoms with van der Waals surface area (Å²) in [5, 5.41) is 3.30. The maximum Gasteiger partial charge on any atom is 0.253 e. The van der Waals surface area contributed by atoms with Gasteiger partial charge in [0.2, 0.25) is 5.91 Å². The van der Waals surface area contributed by atoms with E-state index in [1.165, 1.54) is 6.08 Å². The normalized spacial score (nSPS) is 16.3. The highest BCUT2D eigenvalue weighted by Crippen LogP contribution is 2.23. The second kappa shape index (κ2) is 8.15. The monoisotopic (exact) mass is 369 g/mol. The smallest absolute Gasteiger partial charge is 0.253 e. The molecule has 2 amide bonds. The van der Waals surface area contributed by atoms with Crippen LogP contribution in [-0.2, 0) is 11.2 Å². The van der Waals surface area contributed by atoms with E-state index >= 15 is 0 Å². The Morgan fingerprint density at radius 2 is 2.04 bits per heavy atom. The first-order chi connectivity index (χ1) is 12.5. The molecule has 1 N–H and O–H groups in total. The van der Waals surface area contributed by atoms with Gasteiger partial charge >= 0.3 is 0 Å². The van der Waals surface area contributed by atoms with E-state index in [2.05, 4.69) is 16.9 Å². The van der Waals surface area contributed by atoms with Gasteiger partial charge in [-0.2, -0.15) is 0 Å². The van der Waals surface area contributed by atoms with Crippen LogP contribution in [0.4, 0.5) is 5.69 Å². The number of carbonyl (C=O) groups excluding carboxylic acids is 2. The predicted molar refractivity (Wildman–Crippen MR) is 102 cm³/mol. The lowest BCUT2D eigenvalue weighted by atomic mass is 10.0. The molecule has 2 aromatic rings. The molecule has 1 atom stereocenters. The number of rotatable bonds is 5. The average molecular weight is 370 g/mol. The van der Waals surface area contributed by atoms with Crippen LogP contribution in [0.15, 0.2) is 55.3 Å². The molecule has 1 aliphatic rings. The number of amides is 2. The van der Waals surface area contributed by atoms with E-state index < -0.39 is 0 Å². The molecule has 1 aromatic carbocycles. The van der Waals surface area contributed by atoms with E-state index in [0.29, 0.717) is 22.2 Å². The minimum atomic E-state index is -0.276. The lowest BCUT2D eigenvalue weighted by molar-refractivity contribution is -0.111. The van der Waals surface area contributed by atoms with Gasteiger partial charge in [-0.1, -0.05) is 18.2 Å². The van der Waals surface area contributed by atoms with Crippen LogP contribution < -0.4 is 5.32 Å². The molecule has 5 nitrogen and oxygen atoms in total. The Hall–Kier alpha value is -2.66. The van der Waals surface area contributed by atoms with Gasteiger partial charge < -0.3 is 10.2 Å². The Morgan fingerprint density at radius 3 is 2.69 bits per heavy atom. The Bertz CT molecular complexity index is 803. The molecule has 1 fully saturated rings. The van der Waals surface area contributed by atoms with Crippen molar-refractivity contribution in [1.29, 1.82) is 0 Å². The molecular weight excluding hydrogens is 350 g/mol. The minimum absolute atomic E-state index is 0.0122. The van der Waals surface area contributed by atoms with E-state index in [4.69, 9.17) is 11.6 Å². The maximum absolute atomic E-state index is 12.7. The van der Waals surface area contributed by atoms with Gasteiger partial charge in [0.1, 0.15) is 0 Å². The van der Waals surface area contributed by atoms with E-state index in [-0.39, 0.29) is 11.8 Å². The summed E-state index contributed by atoms with van der Waals surface area (Å²) in [5.41, 5.74) is 2.25. The van der Waals surface area contributed by atoms with Gasteiger partial charge in [0.25, 0.3) is 5.91 Å². The number of pyridine rings is 1. The summed E-state index contributed by atoms with van der Waals surface area (Å²) in [5.74, 6) is 0.138. The number of nitrogens with zero attached hydrogens (tertiary/aromatic N) is 2. The van der Waals surface area contributed by atoms with Crippen LogP contribution in [0.3, 0.4) is 0 Å². The molecule has 0 bridgehead atoms. The van der Waals surface area contributed by atoms with Crippen LogP contribution in [0.25, 0.3) is 0 Å². The van der Waals surface area contributed by atoms with Gasteiger partial charge in [0.05, 0.1) is 5.02 Å². The number of halogens is 1. The maximum atomic E-state index is 12.7. The summed E-state index contributed by atoms with van der Waals surface area (Å²) in [7, 11) is 0. The molecule has 134 valence electrons. The van der Waals surface area contributed by atoms with Gasteiger partial charge in [-0.3, -0.25) is 14.6 Å². The number of likely N-dealkylation sites (tertiary alicyclic amines) is 1. The molecule has 1 aromatic heterocycles. The van der Waals surface area contributed by atoms with Crippen molar-refractivity contribution in [3.05, 3.63) is 71.5 Å². The molecular formula is C20H20ClN3O2. The second-order valence-electron chi connectivity index (χ2n) is 6.35. The van der Waals surface area contributed by atoms with Gasteiger partial charge in [-0.05, 0) is 61.2 Å². The standard InChI is InChI=1S/C20H20ClN3O2/c1-2-19(25)23-17-6-3-15(4-7-17)20(26)24-10-9-14(13-24)11-18-8-5-16(21)12-22-18/h2-8,12,14H,1,9-11,13H2,(H,23,25)/t14-/m0/s1. The summed E-state index contributed by atoms with van der Waals surface area (Å²) < 4.78 is 0. The van der Waals surface area contributed by atoms with Crippen molar-refractivity contribution in [3.63, 3.8) is 0 Å². The third-order valence-electron chi connectivity index (χ3n) is 4.44. The summed E-state index contributed by atoms with van der Waals surface area (Å²) in [6, 6.07) is 10.7. The quantitative estimate of drug-likeness (QED) is 0.819. The molecule has 0 saturated carbocycles. The molecule has 0 radical (unpaired) electrons. The third-order valence-corrected chi connectivity index (χ3v) is 4.67. The summed E-state index contributed by atoms with van der Waals surface area (Å²) in [6.07, 6.45) is 4.66. The topological polar surface area (TPSA) is 62.3 Å². The molecule has 3 rings (SSSR count). The van der Waals surface area contributed by atoms with E-state index in [9.17, 15) is 9.59 Å². The van der Waals surface area contributed by atoms with Crippen LogP contribution >= 0.6 is 11.6 Å². The third kappa shape index (κ3) is 4.49. The van der Waals surface area contributed by atoms with Gasteiger partial charge in [0.15, 0.2) is 0 Å². The molecule has 1 saturated heterocycles. The van der Waals surface area contributed by atoms with Crippen molar-refractivity contribution in [2.45, 2.75) is 12.8 Å². The number of benzene rings is 1. The molecule has 1 aliphatic heterocycles. The van der Waals surface area contributed by atoms with Gasteiger partial charge in [-0.15, -0.1) is 0 Å². The minimum Gasteiger partial charge on any atom is -0.338 e. The van der Waals surface area contributed by atoms with Crippen molar-refractivity contribution < 1.29 is 9.59 Å². The van der Waals surface area contributed by atoms with Crippen LogP contribution in [0.2, 0.25) is 5.02 Å². The fourth-order valence-corrected chi connectivity index (χ4v) is 3.19.